The van der Waals surface area contributed by atoms with Crippen molar-refractivity contribution in [3.8, 4) is 0 Å². The van der Waals surface area contributed by atoms with Gasteiger partial charge in [-0.15, -0.1) is 0 Å². The summed E-state index contributed by atoms with van der Waals surface area (Å²) >= 11 is 0. The summed E-state index contributed by atoms with van der Waals surface area (Å²) in [6.45, 7) is 1.33. The van der Waals surface area contributed by atoms with E-state index < -0.39 is 11.4 Å². The van der Waals surface area contributed by atoms with Crippen LogP contribution in [0.25, 0.3) is 0 Å². The second-order valence-electron chi connectivity index (χ2n) is 4.25. The number of hydrogen-bond donors (Lipinski definition) is 3. The van der Waals surface area contributed by atoms with Crippen LogP contribution in [0.4, 0.5) is 5.69 Å². The first kappa shape index (κ1) is 11.0. The lowest BCUT2D eigenvalue weighted by atomic mass is 9.74. The molecule has 1 aliphatic heterocycles. The van der Waals surface area contributed by atoms with Crippen LogP contribution in [0.5, 0.6) is 0 Å². The van der Waals surface area contributed by atoms with E-state index in [2.05, 4.69) is 5.32 Å². The average Bonchev–Trinajstić information content (AvgIpc) is 2.30. The van der Waals surface area contributed by atoms with Crippen LogP contribution in [0.1, 0.15) is 18.4 Å². The molecule has 4 N–H and O–H groups in total. The molecule has 86 valence electrons. The van der Waals surface area contributed by atoms with Crippen molar-refractivity contribution in [1.29, 1.82) is 0 Å². The number of nitrogens with two attached hydrogens (primary N) is 1. The number of benzene rings is 1. The van der Waals surface area contributed by atoms with Crippen LogP contribution < -0.4 is 11.1 Å². The molecule has 1 aliphatic rings. The Hall–Kier alpha value is -1.55. The maximum Gasteiger partial charge on any atom is 0.315 e. The van der Waals surface area contributed by atoms with Gasteiger partial charge >= 0.3 is 5.97 Å². The van der Waals surface area contributed by atoms with Gasteiger partial charge in [-0.3, -0.25) is 4.79 Å². The SMILES string of the molecule is Nc1ccccc1C1(C(=O)O)CCCNC1. The molecule has 0 amide bonds. The van der Waals surface area contributed by atoms with E-state index in [0.717, 1.165) is 18.5 Å². The molecule has 0 aromatic heterocycles. The third kappa shape index (κ3) is 1.65. The number of rotatable bonds is 2. The Bertz CT molecular complexity index is 398. The van der Waals surface area contributed by atoms with Gasteiger partial charge in [0.25, 0.3) is 0 Å². The van der Waals surface area contributed by atoms with Crippen molar-refractivity contribution >= 4 is 11.7 Å². The number of nitrogen functional groups attached to an aromatic ring is 1. The minimum absolute atomic E-state index is 0.455. The standard InChI is InChI=1S/C12H16N2O2/c13-10-5-2-1-4-9(10)12(11(15)16)6-3-7-14-8-12/h1-2,4-5,14H,3,6-8,13H2,(H,15,16). The van der Waals surface area contributed by atoms with Crippen molar-refractivity contribution in [3.05, 3.63) is 29.8 Å². The van der Waals surface area contributed by atoms with Gasteiger partial charge in [0.15, 0.2) is 0 Å². The lowest BCUT2D eigenvalue weighted by molar-refractivity contribution is -0.144. The van der Waals surface area contributed by atoms with Crippen LogP contribution in [0.3, 0.4) is 0 Å². The van der Waals surface area contributed by atoms with Crippen LogP contribution in [0.2, 0.25) is 0 Å². The quantitative estimate of drug-likeness (QED) is 0.649. The van der Waals surface area contributed by atoms with E-state index >= 15 is 0 Å². The molecule has 4 nitrogen and oxygen atoms in total. The lowest BCUT2D eigenvalue weighted by Crippen LogP contribution is -2.49. The second kappa shape index (κ2) is 4.14. The highest BCUT2D eigenvalue weighted by molar-refractivity contribution is 5.84. The normalized spacial score (nSPS) is 25.2. The number of carboxylic acid groups (broad SMARTS) is 1. The molecule has 16 heavy (non-hydrogen) atoms. The van der Waals surface area contributed by atoms with Gasteiger partial charge in [0, 0.05) is 12.2 Å². The van der Waals surface area contributed by atoms with Crippen molar-refractivity contribution in [2.75, 3.05) is 18.8 Å². The van der Waals surface area contributed by atoms with Crippen molar-refractivity contribution in [2.45, 2.75) is 18.3 Å². The second-order valence-corrected chi connectivity index (χ2v) is 4.25. The third-order valence-corrected chi connectivity index (χ3v) is 3.27. The third-order valence-electron chi connectivity index (χ3n) is 3.27. The Balaban J connectivity index is 2.47. The molecule has 1 unspecified atom stereocenters. The van der Waals surface area contributed by atoms with Crippen molar-refractivity contribution in [3.63, 3.8) is 0 Å². The molecule has 1 aromatic carbocycles. The molecule has 0 bridgehead atoms. The molecule has 0 radical (unpaired) electrons. The number of anilines is 1. The summed E-state index contributed by atoms with van der Waals surface area (Å²) in [5.41, 5.74) is 6.32. The van der Waals surface area contributed by atoms with E-state index in [1.807, 2.05) is 18.2 Å². The molecular formula is C12H16N2O2. The van der Waals surface area contributed by atoms with Crippen LogP contribution >= 0.6 is 0 Å². The molecule has 2 rings (SSSR count). The molecule has 1 heterocycles. The van der Waals surface area contributed by atoms with E-state index in [0.29, 0.717) is 18.7 Å². The zero-order valence-electron chi connectivity index (χ0n) is 9.07. The molecule has 4 heteroatoms. The van der Waals surface area contributed by atoms with Crippen molar-refractivity contribution in [1.82, 2.24) is 5.32 Å². The average molecular weight is 220 g/mol. The summed E-state index contributed by atoms with van der Waals surface area (Å²) in [6.07, 6.45) is 1.50. The minimum atomic E-state index is -0.858. The topological polar surface area (TPSA) is 75.4 Å². The van der Waals surface area contributed by atoms with E-state index in [-0.39, 0.29) is 0 Å². The number of piperidine rings is 1. The van der Waals surface area contributed by atoms with Crippen molar-refractivity contribution < 1.29 is 9.90 Å². The fraction of sp³-hybridized carbons (Fsp3) is 0.417. The largest absolute Gasteiger partial charge is 0.481 e. The molecule has 1 atom stereocenters. The first-order valence-electron chi connectivity index (χ1n) is 5.46. The van der Waals surface area contributed by atoms with Gasteiger partial charge in [-0.2, -0.15) is 0 Å². The Kier molecular flexibility index (Phi) is 2.83. The smallest absolute Gasteiger partial charge is 0.315 e. The van der Waals surface area contributed by atoms with E-state index in [9.17, 15) is 9.90 Å². The van der Waals surface area contributed by atoms with Crippen LogP contribution in [-0.4, -0.2) is 24.2 Å². The number of para-hydroxylation sites is 1. The van der Waals surface area contributed by atoms with Gasteiger partial charge in [-0.05, 0) is 31.0 Å². The predicted octanol–water partition coefficient (Wildman–Crippen LogP) is 0.975. The van der Waals surface area contributed by atoms with Crippen LogP contribution in [-0.2, 0) is 10.2 Å². The Morgan fingerprint density at radius 3 is 2.75 bits per heavy atom. The first-order valence-corrected chi connectivity index (χ1v) is 5.46. The number of aliphatic carboxylic acids is 1. The molecule has 1 aromatic rings. The number of nitrogens with one attached hydrogen (secondary N) is 1. The molecule has 0 saturated carbocycles. The monoisotopic (exact) mass is 220 g/mol. The number of carboxylic acids is 1. The molecule has 1 saturated heterocycles. The minimum Gasteiger partial charge on any atom is -0.481 e. The summed E-state index contributed by atoms with van der Waals surface area (Å²) in [5.74, 6) is -0.794. The van der Waals surface area contributed by atoms with E-state index in [1.54, 1.807) is 6.07 Å². The van der Waals surface area contributed by atoms with E-state index in [1.165, 1.54) is 0 Å². The first-order chi connectivity index (χ1) is 7.67. The fourth-order valence-corrected chi connectivity index (χ4v) is 2.37. The Labute approximate surface area is 94.5 Å². The zero-order valence-corrected chi connectivity index (χ0v) is 9.07. The summed E-state index contributed by atoms with van der Waals surface area (Å²) in [7, 11) is 0. The maximum atomic E-state index is 11.5. The Morgan fingerprint density at radius 2 is 2.19 bits per heavy atom. The van der Waals surface area contributed by atoms with E-state index in [4.69, 9.17) is 5.73 Å². The van der Waals surface area contributed by atoms with Gasteiger partial charge < -0.3 is 16.2 Å². The maximum absolute atomic E-state index is 11.5. The molecule has 1 fully saturated rings. The zero-order chi connectivity index (χ0) is 11.6. The van der Waals surface area contributed by atoms with Gasteiger partial charge in [-0.1, -0.05) is 18.2 Å². The highest BCUT2D eigenvalue weighted by atomic mass is 16.4. The summed E-state index contributed by atoms with van der Waals surface area (Å²) in [5, 5.41) is 12.6. The highest BCUT2D eigenvalue weighted by Crippen LogP contribution is 2.34. The summed E-state index contributed by atoms with van der Waals surface area (Å²) in [6, 6.07) is 7.24. The van der Waals surface area contributed by atoms with Gasteiger partial charge in [-0.25, -0.2) is 0 Å². The predicted molar refractivity (Wildman–Crippen MR) is 62.3 cm³/mol. The molecule has 0 spiro atoms. The number of hydrogen-bond acceptors (Lipinski definition) is 3. The van der Waals surface area contributed by atoms with Crippen LogP contribution in [0, 0.1) is 0 Å². The highest BCUT2D eigenvalue weighted by Gasteiger charge is 2.42. The summed E-state index contributed by atoms with van der Waals surface area (Å²) in [4.78, 5) is 11.5. The summed E-state index contributed by atoms with van der Waals surface area (Å²) < 4.78 is 0. The van der Waals surface area contributed by atoms with Gasteiger partial charge in [0.1, 0.15) is 5.41 Å². The lowest BCUT2D eigenvalue weighted by Gasteiger charge is -2.34. The van der Waals surface area contributed by atoms with Gasteiger partial charge in [0.2, 0.25) is 0 Å². The molecule has 0 aliphatic carbocycles. The number of carbonyl (C=O) groups is 1. The Morgan fingerprint density at radius 1 is 1.44 bits per heavy atom. The van der Waals surface area contributed by atoms with Gasteiger partial charge in [0.05, 0.1) is 0 Å². The fourth-order valence-electron chi connectivity index (χ4n) is 2.37. The molecular weight excluding hydrogens is 204 g/mol. The van der Waals surface area contributed by atoms with Crippen LogP contribution in [0.15, 0.2) is 24.3 Å². The van der Waals surface area contributed by atoms with Crippen molar-refractivity contribution in [2.24, 2.45) is 0 Å².